The molecular weight excluding hydrogens is 366 g/mol. The van der Waals surface area contributed by atoms with Crippen LogP contribution in [0.1, 0.15) is 37.5 Å². The molecule has 29 heavy (non-hydrogen) atoms. The van der Waals surface area contributed by atoms with Crippen LogP contribution in [0, 0.1) is 0 Å². The smallest absolute Gasteiger partial charge is 0.143 e. The lowest BCUT2D eigenvalue weighted by molar-refractivity contribution is -0.0654. The molecule has 0 bridgehead atoms. The Labute approximate surface area is 170 Å². The van der Waals surface area contributed by atoms with E-state index in [9.17, 15) is 0 Å². The molecule has 7 nitrogen and oxygen atoms in total. The Balaban J connectivity index is 0.00000193. The summed E-state index contributed by atoms with van der Waals surface area (Å²) in [7, 11) is 1.78. The van der Waals surface area contributed by atoms with Crippen LogP contribution in [0.5, 0.6) is 5.75 Å². The highest BCUT2D eigenvalue weighted by atomic mass is 16.5. The molecule has 2 fully saturated rings. The maximum atomic E-state index is 6.10. The largest absolute Gasteiger partial charge is 0.491 e. The van der Waals surface area contributed by atoms with E-state index in [4.69, 9.17) is 9.47 Å². The van der Waals surface area contributed by atoms with Gasteiger partial charge in [-0.3, -0.25) is 4.90 Å². The van der Waals surface area contributed by atoms with Crippen molar-refractivity contribution in [3.8, 4) is 5.75 Å². The number of aromatic nitrogens is 3. The molecule has 1 saturated heterocycles. The summed E-state index contributed by atoms with van der Waals surface area (Å²) in [5.74, 6) is 2.48. The lowest BCUT2D eigenvalue weighted by atomic mass is 9.92. The normalized spacial score (nSPS) is 24.7. The second-order valence-electron chi connectivity index (χ2n) is 8.33. The highest BCUT2D eigenvalue weighted by molar-refractivity contribution is 5.88. The van der Waals surface area contributed by atoms with Crippen LogP contribution >= 0.6 is 0 Å². The van der Waals surface area contributed by atoms with Gasteiger partial charge in [-0.2, -0.15) is 0 Å². The minimum atomic E-state index is 0. The van der Waals surface area contributed by atoms with Gasteiger partial charge in [-0.1, -0.05) is 18.2 Å². The second-order valence-corrected chi connectivity index (χ2v) is 8.33. The van der Waals surface area contributed by atoms with Crippen molar-refractivity contribution in [2.45, 2.75) is 36.9 Å². The number of hydrogen-bond donors (Lipinski definition) is 2. The molecule has 152 valence electrons. The van der Waals surface area contributed by atoms with Gasteiger partial charge in [0.25, 0.3) is 0 Å². The molecular formula is C22H27N5O2. The number of rotatable bonds is 5. The van der Waals surface area contributed by atoms with Crippen LogP contribution in [0.25, 0.3) is 11.0 Å². The number of para-hydroxylation sites is 1. The third kappa shape index (κ3) is 2.96. The number of ether oxygens (including phenoxy) is 2. The van der Waals surface area contributed by atoms with Gasteiger partial charge in [-0.05, 0) is 30.9 Å². The minimum Gasteiger partial charge on any atom is -0.491 e. The molecule has 1 saturated carbocycles. The summed E-state index contributed by atoms with van der Waals surface area (Å²) < 4.78 is 11.6. The van der Waals surface area contributed by atoms with Gasteiger partial charge in [-0.15, -0.1) is 0 Å². The fourth-order valence-corrected chi connectivity index (χ4v) is 4.56. The Morgan fingerprint density at radius 1 is 1.24 bits per heavy atom. The maximum absolute atomic E-state index is 6.10. The van der Waals surface area contributed by atoms with Crippen molar-refractivity contribution < 1.29 is 10.9 Å². The van der Waals surface area contributed by atoms with Crippen molar-refractivity contribution in [1.82, 2.24) is 19.9 Å². The molecule has 4 heterocycles. The molecule has 1 aliphatic carbocycles. The van der Waals surface area contributed by atoms with Crippen molar-refractivity contribution in [2.24, 2.45) is 0 Å². The number of anilines is 1. The molecule has 0 amide bonds. The summed E-state index contributed by atoms with van der Waals surface area (Å²) in [5, 5.41) is 4.82. The number of likely N-dealkylation sites (tertiary alicyclic amines) is 1. The van der Waals surface area contributed by atoms with Crippen LogP contribution in [0.3, 0.4) is 0 Å². The third-order valence-corrected chi connectivity index (χ3v) is 6.48. The van der Waals surface area contributed by atoms with E-state index in [0.29, 0.717) is 18.6 Å². The molecule has 2 aromatic heterocycles. The van der Waals surface area contributed by atoms with E-state index in [1.54, 1.807) is 13.4 Å². The first-order valence-corrected chi connectivity index (χ1v) is 10.4. The first kappa shape index (κ1) is 17.2. The Hall–Kier alpha value is -2.64. The fraction of sp³-hybridized carbons (Fsp3) is 0.455. The van der Waals surface area contributed by atoms with Crippen molar-refractivity contribution in [3.05, 3.63) is 47.9 Å². The van der Waals surface area contributed by atoms with Crippen molar-refractivity contribution in [1.29, 1.82) is 0 Å². The summed E-state index contributed by atoms with van der Waals surface area (Å²) in [6.07, 6.45) is 4.47. The van der Waals surface area contributed by atoms with Crippen LogP contribution in [0.4, 0.5) is 5.82 Å². The lowest BCUT2D eigenvalue weighted by Crippen LogP contribution is -2.60. The van der Waals surface area contributed by atoms with Crippen LogP contribution < -0.4 is 10.1 Å². The number of fused-ring (bicyclic) bond motifs is 2. The van der Waals surface area contributed by atoms with Gasteiger partial charge in [0.1, 0.15) is 30.1 Å². The van der Waals surface area contributed by atoms with Crippen molar-refractivity contribution >= 4 is 16.9 Å². The molecule has 2 N–H and O–H groups in total. The zero-order chi connectivity index (χ0) is 19.4. The SMILES string of the molecule is COC1CN([C@H]2COc3ccccc3[C@@H]2Nc2ncnc3[nH]c(C4CC4)cc23)C1.[HH]. The van der Waals surface area contributed by atoms with E-state index in [0.717, 1.165) is 35.7 Å². The third-order valence-electron chi connectivity index (χ3n) is 6.48. The molecule has 6 rings (SSSR count). The number of nitrogens with zero attached hydrogens (tertiary/aromatic N) is 3. The van der Waals surface area contributed by atoms with Crippen LogP contribution in [0.2, 0.25) is 0 Å². The monoisotopic (exact) mass is 393 g/mol. The van der Waals surface area contributed by atoms with Crippen molar-refractivity contribution in [2.75, 3.05) is 32.1 Å². The number of benzene rings is 1. The summed E-state index contributed by atoms with van der Waals surface area (Å²) in [4.78, 5) is 15.0. The molecule has 0 radical (unpaired) electrons. The zero-order valence-corrected chi connectivity index (χ0v) is 16.5. The molecule has 0 unspecified atom stereocenters. The quantitative estimate of drug-likeness (QED) is 0.693. The van der Waals surface area contributed by atoms with Gasteiger partial charge in [0.05, 0.1) is 23.6 Å². The van der Waals surface area contributed by atoms with Crippen LogP contribution in [-0.4, -0.2) is 58.8 Å². The van der Waals surface area contributed by atoms with E-state index in [1.165, 1.54) is 24.1 Å². The topological polar surface area (TPSA) is 75.3 Å². The standard InChI is InChI=1S/C22H25N5O2.H2/c1-28-14-9-27(10-14)18-11-29-19-5-3-2-4-15(19)20(18)26-22-16-8-17(13-6-7-13)25-21(16)23-12-24-22;/h2-5,8,12-14,18,20H,6-7,9-11H2,1H3,(H2,23,24,25,26);1H/t18-,20-;/m0./s1. The van der Waals surface area contributed by atoms with Gasteiger partial charge in [0.2, 0.25) is 0 Å². The van der Waals surface area contributed by atoms with Crippen LogP contribution in [0.15, 0.2) is 36.7 Å². The molecule has 1 aromatic carbocycles. The average molecular weight is 393 g/mol. The fourth-order valence-electron chi connectivity index (χ4n) is 4.56. The predicted octanol–water partition coefficient (Wildman–Crippen LogP) is 3.33. The van der Waals surface area contributed by atoms with E-state index in [2.05, 4.69) is 43.4 Å². The van der Waals surface area contributed by atoms with Gasteiger partial charge in [0.15, 0.2) is 0 Å². The first-order valence-electron chi connectivity index (χ1n) is 10.4. The summed E-state index contributed by atoms with van der Waals surface area (Å²) in [6, 6.07) is 10.8. The van der Waals surface area contributed by atoms with Gasteiger partial charge >= 0.3 is 0 Å². The molecule has 0 spiro atoms. The number of aromatic amines is 1. The second kappa shape index (κ2) is 6.71. The molecule has 3 aliphatic rings. The van der Waals surface area contributed by atoms with Gasteiger partial charge in [0, 0.05) is 32.9 Å². The number of H-pyrrole nitrogens is 1. The van der Waals surface area contributed by atoms with Gasteiger partial charge < -0.3 is 19.8 Å². The Kier molecular flexibility index (Phi) is 3.99. The van der Waals surface area contributed by atoms with E-state index in [-0.39, 0.29) is 13.5 Å². The number of methoxy groups -OCH3 is 1. The summed E-state index contributed by atoms with van der Waals surface area (Å²) in [6.45, 7) is 2.51. The highest BCUT2D eigenvalue weighted by Crippen LogP contribution is 2.42. The average Bonchev–Trinajstić information content (AvgIpc) is 3.47. The van der Waals surface area contributed by atoms with Gasteiger partial charge in [-0.25, -0.2) is 9.97 Å². The molecule has 2 atom stereocenters. The van der Waals surface area contributed by atoms with E-state index < -0.39 is 0 Å². The maximum Gasteiger partial charge on any atom is 0.143 e. The first-order chi connectivity index (χ1) is 14.3. The highest BCUT2D eigenvalue weighted by Gasteiger charge is 2.41. The molecule has 3 aromatic rings. The molecule has 2 aliphatic heterocycles. The molecule has 7 heteroatoms. The Morgan fingerprint density at radius 3 is 2.93 bits per heavy atom. The lowest BCUT2D eigenvalue weighted by Gasteiger charge is -2.48. The summed E-state index contributed by atoms with van der Waals surface area (Å²) in [5.41, 5.74) is 3.36. The minimum absolute atomic E-state index is 0. The number of nitrogens with one attached hydrogen (secondary N) is 2. The Morgan fingerprint density at radius 2 is 2.10 bits per heavy atom. The predicted molar refractivity (Wildman–Crippen MR) is 112 cm³/mol. The Bertz CT molecular complexity index is 1050. The van der Waals surface area contributed by atoms with E-state index >= 15 is 0 Å². The zero-order valence-electron chi connectivity index (χ0n) is 16.5. The number of hydrogen-bond acceptors (Lipinski definition) is 6. The summed E-state index contributed by atoms with van der Waals surface area (Å²) >= 11 is 0. The van der Waals surface area contributed by atoms with Crippen LogP contribution in [-0.2, 0) is 4.74 Å². The van der Waals surface area contributed by atoms with E-state index in [1.807, 2.05) is 12.1 Å². The van der Waals surface area contributed by atoms with Crippen molar-refractivity contribution in [3.63, 3.8) is 0 Å².